The second kappa shape index (κ2) is 9.74. The SMILES string of the molecule is Clc1ccc2ccc(Nc3ccc4c(c3)C3c5ccccc5C4c4ccc(Nc5ccc6ccc(Cl)nc6n5)cc43)nc2n1. The molecular formula is C36H22Cl2N6. The maximum atomic E-state index is 6.13. The summed E-state index contributed by atoms with van der Waals surface area (Å²) in [6.45, 7) is 0. The summed E-state index contributed by atoms with van der Waals surface area (Å²) in [7, 11) is 0. The van der Waals surface area contributed by atoms with Gasteiger partial charge in [-0.1, -0.05) is 59.6 Å². The fourth-order valence-electron chi connectivity index (χ4n) is 6.76. The predicted octanol–water partition coefficient (Wildman–Crippen LogP) is 9.35. The zero-order valence-electron chi connectivity index (χ0n) is 23.1. The minimum Gasteiger partial charge on any atom is -0.340 e. The van der Waals surface area contributed by atoms with E-state index in [4.69, 9.17) is 33.2 Å². The lowest BCUT2D eigenvalue weighted by Crippen LogP contribution is -2.27. The molecule has 210 valence electrons. The molecule has 0 spiro atoms. The van der Waals surface area contributed by atoms with Crippen LogP contribution in [0.5, 0.6) is 0 Å². The van der Waals surface area contributed by atoms with Crippen molar-refractivity contribution in [2.45, 2.75) is 11.8 Å². The zero-order chi connectivity index (χ0) is 29.4. The molecule has 0 atom stereocenters. The topological polar surface area (TPSA) is 75.6 Å². The molecule has 44 heavy (non-hydrogen) atoms. The molecule has 0 amide bonds. The molecule has 0 saturated heterocycles. The molecule has 7 aromatic rings. The third kappa shape index (κ3) is 4.10. The molecule has 3 aliphatic carbocycles. The van der Waals surface area contributed by atoms with Crippen molar-refractivity contribution in [3.8, 4) is 0 Å². The van der Waals surface area contributed by atoms with Crippen molar-refractivity contribution in [2.24, 2.45) is 0 Å². The van der Waals surface area contributed by atoms with Gasteiger partial charge in [0, 0.05) is 34.0 Å². The van der Waals surface area contributed by atoms with Crippen LogP contribution < -0.4 is 10.6 Å². The molecule has 10 rings (SSSR count). The maximum absolute atomic E-state index is 6.13. The first-order valence-corrected chi connectivity index (χ1v) is 15.1. The van der Waals surface area contributed by atoms with Gasteiger partial charge in [-0.25, -0.2) is 19.9 Å². The number of nitrogens with one attached hydrogen (secondary N) is 2. The fourth-order valence-corrected chi connectivity index (χ4v) is 7.05. The summed E-state index contributed by atoms with van der Waals surface area (Å²) in [4.78, 5) is 18.2. The van der Waals surface area contributed by atoms with Gasteiger partial charge in [-0.05, 0) is 106 Å². The second-order valence-electron chi connectivity index (χ2n) is 11.2. The summed E-state index contributed by atoms with van der Waals surface area (Å²) in [5.74, 6) is 1.71. The Morgan fingerprint density at radius 1 is 0.432 bits per heavy atom. The molecule has 0 aliphatic heterocycles. The van der Waals surface area contributed by atoms with Crippen molar-refractivity contribution in [3.05, 3.63) is 153 Å². The number of benzene rings is 3. The molecule has 2 bridgehead atoms. The average Bonchev–Trinajstić information content (AvgIpc) is 3.04. The number of nitrogens with zero attached hydrogens (tertiary/aromatic N) is 4. The third-order valence-corrected chi connectivity index (χ3v) is 9.04. The summed E-state index contributed by atoms with van der Waals surface area (Å²) in [5.41, 5.74) is 11.2. The Morgan fingerprint density at radius 2 is 0.864 bits per heavy atom. The molecule has 3 aromatic carbocycles. The van der Waals surface area contributed by atoms with E-state index in [1.165, 1.54) is 33.4 Å². The molecule has 0 saturated carbocycles. The molecule has 0 fully saturated rings. The van der Waals surface area contributed by atoms with Gasteiger partial charge in [-0.2, -0.15) is 0 Å². The molecule has 4 aromatic heterocycles. The Morgan fingerprint density at radius 3 is 1.36 bits per heavy atom. The van der Waals surface area contributed by atoms with Crippen molar-refractivity contribution in [1.82, 2.24) is 19.9 Å². The van der Waals surface area contributed by atoms with Gasteiger partial charge in [0.15, 0.2) is 11.3 Å². The van der Waals surface area contributed by atoms with Gasteiger partial charge in [0.25, 0.3) is 0 Å². The number of hydrogen-bond donors (Lipinski definition) is 2. The Balaban J connectivity index is 1.10. The number of pyridine rings is 4. The highest BCUT2D eigenvalue weighted by atomic mass is 35.5. The van der Waals surface area contributed by atoms with E-state index in [1.807, 2.05) is 36.4 Å². The van der Waals surface area contributed by atoms with Gasteiger partial charge in [0.05, 0.1) is 0 Å². The highest BCUT2D eigenvalue weighted by Gasteiger charge is 2.41. The molecule has 3 aliphatic rings. The van der Waals surface area contributed by atoms with Crippen LogP contribution in [-0.2, 0) is 0 Å². The van der Waals surface area contributed by atoms with Crippen molar-refractivity contribution in [3.63, 3.8) is 0 Å². The second-order valence-corrected chi connectivity index (χ2v) is 12.0. The van der Waals surface area contributed by atoms with Crippen LogP contribution in [0.25, 0.3) is 22.1 Å². The van der Waals surface area contributed by atoms with E-state index in [0.717, 1.165) is 33.8 Å². The van der Waals surface area contributed by atoms with E-state index in [0.29, 0.717) is 21.6 Å². The summed E-state index contributed by atoms with van der Waals surface area (Å²) < 4.78 is 0. The third-order valence-electron chi connectivity index (χ3n) is 8.62. The van der Waals surface area contributed by atoms with Gasteiger partial charge in [-0.3, -0.25) is 0 Å². The summed E-state index contributed by atoms with van der Waals surface area (Å²) in [6, 6.07) is 37.5. The van der Waals surface area contributed by atoms with Crippen molar-refractivity contribution in [2.75, 3.05) is 10.6 Å². The monoisotopic (exact) mass is 608 g/mol. The van der Waals surface area contributed by atoms with Gasteiger partial charge >= 0.3 is 0 Å². The maximum Gasteiger partial charge on any atom is 0.163 e. The van der Waals surface area contributed by atoms with E-state index in [1.54, 1.807) is 12.1 Å². The molecular weight excluding hydrogens is 587 g/mol. The molecule has 4 heterocycles. The summed E-state index contributed by atoms with van der Waals surface area (Å²) in [6.07, 6.45) is 0. The number of halogens is 2. The zero-order valence-corrected chi connectivity index (χ0v) is 24.6. The van der Waals surface area contributed by atoms with Crippen LogP contribution >= 0.6 is 23.2 Å². The molecule has 6 nitrogen and oxygen atoms in total. The Hall–Kier alpha value is -5.04. The van der Waals surface area contributed by atoms with Crippen molar-refractivity contribution in [1.29, 1.82) is 0 Å². The minimum atomic E-state index is 0.0970. The molecule has 8 heteroatoms. The van der Waals surface area contributed by atoms with E-state index >= 15 is 0 Å². The quantitative estimate of drug-likeness (QED) is 0.194. The lowest BCUT2D eigenvalue weighted by Gasteiger charge is -2.42. The van der Waals surface area contributed by atoms with Crippen molar-refractivity contribution < 1.29 is 0 Å². The number of aromatic nitrogens is 4. The van der Waals surface area contributed by atoms with Gasteiger partial charge in [-0.15, -0.1) is 0 Å². The number of rotatable bonds is 4. The van der Waals surface area contributed by atoms with Gasteiger partial charge in [0.1, 0.15) is 21.9 Å². The van der Waals surface area contributed by atoms with Crippen LogP contribution in [0, 0.1) is 0 Å². The van der Waals surface area contributed by atoms with Crippen LogP contribution in [0.1, 0.15) is 45.2 Å². The van der Waals surface area contributed by atoms with E-state index in [-0.39, 0.29) is 11.8 Å². The van der Waals surface area contributed by atoms with E-state index < -0.39 is 0 Å². The standard InChI is InChI=1S/C36H22Cl2N6/c37-29-13-5-19-7-15-31(43-35(19)41-29)39-21-9-11-25-27(17-21)34-24-4-2-1-3-23(24)33(25)26-12-10-22(18-28(26)34)40-32-16-8-20-6-14-30(38)42-36(20)44-32/h1-18,33-34H,(H,39,41,43)(H,40,42,44). The Kier molecular flexibility index (Phi) is 5.64. The molecule has 0 unspecified atom stereocenters. The van der Waals surface area contributed by atoms with Crippen LogP contribution in [-0.4, -0.2) is 19.9 Å². The average molecular weight is 610 g/mol. The lowest BCUT2D eigenvalue weighted by atomic mass is 9.61. The number of anilines is 4. The highest BCUT2D eigenvalue weighted by Crippen LogP contribution is 2.56. The van der Waals surface area contributed by atoms with Gasteiger partial charge in [0.2, 0.25) is 0 Å². The molecule has 0 radical (unpaired) electrons. The smallest absolute Gasteiger partial charge is 0.163 e. The van der Waals surface area contributed by atoms with Crippen LogP contribution in [0.2, 0.25) is 10.3 Å². The summed E-state index contributed by atoms with van der Waals surface area (Å²) >= 11 is 12.3. The first-order valence-electron chi connectivity index (χ1n) is 14.3. The first kappa shape index (κ1) is 25.5. The number of fused-ring (bicyclic) bond motifs is 2. The fraction of sp³-hybridized carbons (Fsp3) is 0.0556. The number of hydrogen-bond acceptors (Lipinski definition) is 6. The van der Waals surface area contributed by atoms with Crippen molar-refractivity contribution >= 4 is 68.3 Å². The normalized spacial score (nSPS) is 16.0. The highest BCUT2D eigenvalue weighted by molar-refractivity contribution is 6.30. The van der Waals surface area contributed by atoms with Crippen LogP contribution in [0.4, 0.5) is 23.0 Å². The van der Waals surface area contributed by atoms with Gasteiger partial charge < -0.3 is 10.6 Å². The predicted molar refractivity (Wildman–Crippen MR) is 177 cm³/mol. The van der Waals surface area contributed by atoms with Crippen LogP contribution in [0.15, 0.2) is 109 Å². The Labute approximate surface area is 262 Å². The Bertz CT molecular complexity index is 2160. The molecule has 2 N–H and O–H groups in total. The van der Waals surface area contributed by atoms with E-state index in [9.17, 15) is 0 Å². The largest absolute Gasteiger partial charge is 0.340 e. The first-order chi connectivity index (χ1) is 21.6. The lowest BCUT2D eigenvalue weighted by molar-refractivity contribution is 0.755. The van der Waals surface area contributed by atoms with Crippen LogP contribution in [0.3, 0.4) is 0 Å². The summed E-state index contributed by atoms with van der Waals surface area (Å²) in [5, 5.41) is 9.75. The van der Waals surface area contributed by atoms with E-state index in [2.05, 4.69) is 81.3 Å². The minimum absolute atomic E-state index is 0.0970.